The molecule has 56 heavy (non-hydrogen) atoms. The summed E-state index contributed by atoms with van der Waals surface area (Å²) in [7, 11) is 0. The third-order valence-electron chi connectivity index (χ3n) is 6.60. The first-order chi connectivity index (χ1) is 26.8. The van der Waals surface area contributed by atoms with Gasteiger partial charge in [-0.3, -0.25) is 0 Å². The fourth-order valence-corrected chi connectivity index (χ4v) is 4.22. The molecule has 1 radical (unpaired) electrons. The number of hydrogen-bond acceptors (Lipinski definition) is 4. The summed E-state index contributed by atoms with van der Waals surface area (Å²) < 4.78 is 0. The number of pyridine rings is 4. The molecule has 0 N–H and O–H groups in total. The minimum Gasteiger partial charge on any atom is -0.697 e. The SMILES string of the molecule is [C-]#C.[Ru+2].[Ru+3].c1ccc([N-]c2ccccn2)cc1.c1ccc([N-]c2ccccn2)cc1.c1ccc([N-]c2ccccn2)cc1.c1ccc([N-]c2ccccn2)cc1. The van der Waals surface area contributed by atoms with Gasteiger partial charge < -0.3 is 54.0 Å². The number of rotatable bonds is 8. The van der Waals surface area contributed by atoms with Crippen LogP contribution >= 0.6 is 0 Å². The molecule has 0 aliphatic heterocycles. The van der Waals surface area contributed by atoms with Crippen molar-refractivity contribution < 1.29 is 39.0 Å². The summed E-state index contributed by atoms with van der Waals surface area (Å²) in [5, 5.41) is 17.3. The van der Waals surface area contributed by atoms with Gasteiger partial charge in [-0.15, -0.1) is 0 Å². The van der Waals surface area contributed by atoms with E-state index in [2.05, 4.69) is 47.6 Å². The van der Waals surface area contributed by atoms with Crippen molar-refractivity contribution >= 4 is 46.0 Å². The second kappa shape index (κ2) is 28.9. The molecule has 277 valence electrons. The Morgan fingerprint density at radius 3 is 0.625 bits per heavy atom. The van der Waals surface area contributed by atoms with E-state index in [1.54, 1.807) is 24.8 Å². The Balaban J connectivity index is 0.000000251. The maximum atomic E-state index is 5.25. The van der Waals surface area contributed by atoms with Gasteiger partial charge in [0.2, 0.25) is 0 Å². The van der Waals surface area contributed by atoms with Crippen LogP contribution in [0.4, 0.5) is 46.0 Å². The van der Waals surface area contributed by atoms with Gasteiger partial charge in [0.25, 0.3) is 0 Å². The summed E-state index contributed by atoms with van der Waals surface area (Å²) in [6.45, 7) is 0. The van der Waals surface area contributed by atoms with Crippen LogP contribution in [0.2, 0.25) is 0 Å². The molecule has 0 saturated heterocycles. The van der Waals surface area contributed by atoms with Crippen LogP contribution < -0.4 is 0 Å². The summed E-state index contributed by atoms with van der Waals surface area (Å²) in [6.07, 6.45) is 16.0. The van der Waals surface area contributed by atoms with Crippen molar-refractivity contribution in [2.75, 3.05) is 0 Å². The fraction of sp³-hybridized carbons (Fsp3) is 0. The van der Waals surface area contributed by atoms with Gasteiger partial charge in [-0.25, -0.2) is 0 Å². The third kappa shape index (κ3) is 19.0. The normalized spacial score (nSPS) is 8.89. The molecule has 4 aromatic heterocycles. The van der Waals surface area contributed by atoms with Crippen molar-refractivity contribution in [3.05, 3.63) is 247 Å². The summed E-state index contributed by atoms with van der Waals surface area (Å²) in [5.74, 6) is 2.98. The molecular weight excluding hydrogens is 867 g/mol. The number of hydrogen-bond donors (Lipinski definition) is 0. The quantitative estimate of drug-likeness (QED) is 0.0859. The molecular formula is C46H37N8Ru2. The first-order valence-electron chi connectivity index (χ1n) is 16.8. The summed E-state index contributed by atoms with van der Waals surface area (Å²) in [6, 6.07) is 61.9. The van der Waals surface area contributed by atoms with Gasteiger partial charge in [-0.1, -0.05) is 242 Å². The van der Waals surface area contributed by atoms with E-state index in [9.17, 15) is 0 Å². The number of nitrogens with zero attached hydrogens (tertiary/aromatic N) is 8. The summed E-state index contributed by atoms with van der Waals surface area (Å²) >= 11 is 0. The largest absolute Gasteiger partial charge is 3.00 e. The molecule has 4 heterocycles. The zero-order valence-electron chi connectivity index (χ0n) is 30.1. The minimum atomic E-state index is 0. The number of aromatic nitrogens is 4. The van der Waals surface area contributed by atoms with E-state index >= 15 is 0 Å². The molecule has 0 atom stereocenters. The van der Waals surface area contributed by atoms with E-state index in [-0.39, 0.29) is 39.0 Å². The van der Waals surface area contributed by atoms with Crippen LogP contribution in [0.5, 0.6) is 0 Å². The van der Waals surface area contributed by atoms with Crippen molar-refractivity contribution in [3.63, 3.8) is 0 Å². The van der Waals surface area contributed by atoms with Crippen LogP contribution in [0.3, 0.4) is 0 Å². The van der Waals surface area contributed by atoms with Gasteiger partial charge in [-0.2, -0.15) is 0 Å². The Bertz CT molecular complexity index is 1640. The zero-order valence-corrected chi connectivity index (χ0v) is 33.6. The van der Waals surface area contributed by atoms with Crippen LogP contribution in [-0.2, 0) is 39.0 Å². The Hall–Kier alpha value is -6.51. The topological polar surface area (TPSA) is 108 Å². The van der Waals surface area contributed by atoms with E-state index in [0.29, 0.717) is 0 Å². The van der Waals surface area contributed by atoms with Crippen LogP contribution in [-0.4, -0.2) is 19.9 Å². The Kier molecular flexibility index (Phi) is 23.6. The maximum Gasteiger partial charge on any atom is 3.00 e. The first-order valence-corrected chi connectivity index (χ1v) is 16.8. The van der Waals surface area contributed by atoms with Gasteiger partial charge in [-0.05, 0) is 22.7 Å². The number of terminal acetylenes is 1. The van der Waals surface area contributed by atoms with Crippen molar-refractivity contribution in [2.24, 2.45) is 0 Å². The molecule has 0 bridgehead atoms. The van der Waals surface area contributed by atoms with Gasteiger partial charge in [0.05, 0.1) is 0 Å². The molecule has 0 saturated carbocycles. The molecule has 0 aliphatic carbocycles. The third-order valence-corrected chi connectivity index (χ3v) is 6.60. The Morgan fingerprint density at radius 1 is 0.286 bits per heavy atom. The average Bonchev–Trinajstić information content (AvgIpc) is 3.25. The van der Waals surface area contributed by atoms with E-state index in [4.69, 9.17) is 6.42 Å². The van der Waals surface area contributed by atoms with Crippen molar-refractivity contribution in [2.45, 2.75) is 0 Å². The molecule has 4 aromatic carbocycles. The molecule has 8 rings (SSSR count). The van der Waals surface area contributed by atoms with Gasteiger partial charge in [0, 0.05) is 0 Å². The fourth-order valence-electron chi connectivity index (χ4n) is 4.22. The van der Waals surface area contributed by atoms with E-state index in [1.165, 1.54) is 0 Å². The zero-order chi connectivity index (χ0) is 37.7. The molecule has 0 amide bonds. The number of para-hydroxylation sites is 4. The molecule has 0 spiro atoms. The predicted octanol–water partition coefficient (Wildman–Crippen LogP) is 13.9. The number of benzene rings is 4. The van der Waals surface area contributed by atoms with Crippen LogP contribution in [0.25, 0.3) is 21.3 Å². The Labute approximate surface area is 355 Å². The van der Waals surface area contributed by atoms with E-state index in [0.717, 1.165) is 46.0 Å². The van der Waals surface area contributed by atoms with Crippen molar-refractivity contribution in [1.29, 1.82) is 0 Å². The molecule has 8 aromatic rings. The van der Waals surface area contributed by atoms with Crippen molar-refractivity contribution in [3.8, 4) is 6.42 Å². The van der Waals surface area contributed by atoms with Crippen LogP contribution in [0.15, 0.2) is 219 Å². The van der Waals surface area contributed by atoms with E-state index in [1.807, 2.05) is 194 Å². The maximum absolute atomic E-state index is 5.25. The summed E-state index contributed by atoms with van der Waals surface area (Å²) in [4.78, 5) is 16.4. The second-order valence-electron chi connectivity index (χ2n) is 10.5. The van der Waals surface area contributed by atoms with Crippen LogP contribution in [0.1, 0.15) is 0 Å². The summed E-state index contributed by atoms with van der Waals surface area (Å²) in [5.41, 5.74) is 3.73. The molecule has 0 fully saturated rings. The molecule has 10 heteroatoms. The van der Waals surface area contributed by atoms with Gasteiger partial charge in [0.15, 0.2) is 0 Å². The smallest absolute Gasteiger partial charge is 0.697 e. The van der Waals surface area contributed by atoms with Gasteiger partial charge in [0.1, 0.15) is 0 Å². The Morgan fingerprint density at radius 2 is 0.464 bits per heavy atom. The molecule has 0 unspecified atom stereocenters. The van der Waals surface area contributed by atoms with Gasteiger partial charge >= 0.3 is 39.0 Å². The molecule has 8 nitrogen and oxygen atoms in total. The molecule has 0 aliphatic rings. The average molecular weight is 904 g/mol. The standard InChI is InChI=1S/4C11H9N2.C2H.2Ru/c4*1-2-6-10(7-3-1)13-11-8-4-5-9-12-11;1-2;;/h4*1-9H;1H;;/q5*-1;+2;+3. The van der Waals surface area contributed by atoms with Crippen LogP contribution in [0, 0.1) is 12.8 Å². The van der Waals surface area contributed by atoms with E-state index < -0.39 is 0 Å². The predicted molar refractivity (Wildman–Crippen MR) is 222 cm³/mol. The van der Waals surface area contributed by atoms with Crippen molar-refractivity contribution in [1.82, 2.24) is 19.9 Å². The monoisotopic (exact) mass is 905 g/mol. The first kappa shape index (κ1) is 45.6. The minimum absolute atomic E-state index is 0. The second-order valence-corrected chi connectivity index (χ2v) is 10.5.